The largest absolute Gasteiger partial charge is 0.462 e. The Bertz CT molecular complexity index is 1110. The molecule has 6 nitrogen and oxygen atoms in total. The predicted molar refractivity (Wildman–Crippen MR) is 284 cm³/mol. The van der Waals surface area contributed by atoms with Gasteiger partial charge in [0.25, 0.3) is 0 Å². The van der Waals surface area contributed by atoms with Gasteiger partial charge in [0.15, 0.2) is 6.10 Å². The molecular weight excluding hydrogens is 817 g/mol. The van der Waals surface area contributed by atoms with Gasteiger partial charge < -0.3 is 14.2 Å². The van der Waals surface area contributed by atoms with Crippen LogP contribution in [0.2, 0.25) is 0 Å². The Balaban J connectivity index is 4.26. The first-order chi connectivity index (χ1) is 32.5. The molecule has 0 bridgehead atoms. The minimum atomic E-state index is -0.779. The zero-order valence-corrected chi connectivity index (χ0v) is 44.2. The third-order valence-electron chi connectivity index (χ3n) is 12.8. The van der Waals surface area contributed by atoms with Crippen molar-refractivity contribution in [3.63, 3.8) is 0 Å². The molecule has 0 N–H and O–H groups in total. The highest BCUT2D eigenvalue weighted by Crippen LogP contribution is 2.17. The maximum Gasteiger partial charge on any atom is 0.306 e. The molecule has 386 valence electrons. The number of unbranched alkanes of at least 4 members (excludes halogenated alkanes) is 36. The number of esters is 3. The molecule has 0 saturated carbocycles. The highest BCUT2D eigenvalue weighted by molar-refractivity contribution is 5.71. The summed E-state index contributed by atoms with van der Waals surface area (Å²) in [6, 6.07) is 0. The van der Waals surface area contributed by atoms with Gasteiger partial charge in [-0.25, -0.2) is 0 Å². The number of hydrogen-bond donors (Lipinski definition) is 0. The molecule has 0 rings (SSSR count). The molecule has 0 aromatic heterocycles. The van der Waals surface area contributed by atoms with Gasteiger partial charge in [-0.1, -0.05) is 256 Å². The maximum absolute atomic E-state index is 12.8. The summed E-state index contributed by atoms with van der Waals surface area (Å²) in [4.78, 5) is 38.1. The van der Waals surface area contributed by atoms with E-state index in [1.807, 2.05) is 0 Å². The summed E-state index contributed by atoms with van der Waals surface area (Å²) in [5.41, 5.74) is 0. The van der Waals surface area contributed by atoms with Gasteiger partial charge in [-0.05, 0) is 70.6 Å². The van der Waals surface area contributed by atoms with Gasteiger partial charge in [0, 0.05) is 19.3 Å². The van der Waals surface area contributed by atoms with Gasteiger partial charge in [-0.2, -0.15) is 0 Å². The molecule has 0 aliphatic rings. The maximum atomic E-state index is 12.8. The second kappa shape index (κ2) is 55.2. The molecule has 0 fully saturated rings. The van der Waals surface area contributed by atoms with Gasteiger partial charge in [0.05, 0.1) is 0 Å². The van der Waals surface area contributed by atoms with Crippen molar-refractivity contribution < 1.29 is 28.6 Å². The van der Waals surface area contributed by atoms with E-state index in [1.54, 1.807) is 0 Å². The molecule has 6 heteroatoms. The summed E-state index contributed by atoms with van der Waals surface area (Å²) in [7, 11) is 0. The topological polar surface area (TPSA) is 78.9 Å². The fraction of sp³-hybridized carbons (Fsp3) is 0.850. The minimum Gasteiger partial charge on any atom is -0.462 e. The lowest BCUT2D eigenvalue weighted by molar-refractivity contribution is -0.167. The molecule has 0 aliphatic carbocycles. The first-order valence-electron chi connectivity index (χ1n) is 29.0. The minimum absolute atomic E-state index is 0.0771. The van der Waals surface area contributed by atoms with E-state index in [0.29, 0.717) is 19.3 Å². The van der Waals surface area contributed by atoms with Gasteiger partial charge in [-0.15, -0.1) is 0 Å². The molecule has 0 saturated heterocycles. The summed E-state index contributed by atoms with van der Waals surface area (Å²) in [6.45, 7) is 6.58. The van der Waals surface area contributed by atoms with Crippen molar-refractivity contribution in [3.05, 3.63) is 36.5 Å². The number of allylic oxidation sites excluding steroid dienone is 6. The van der Waals surface area contributed by atoms with Crippen molar-refractivity contribution in [2.75, 3.05) is 13.2 Å². The van der Waals surface area contributed by atoms with E-state index in [4.69, 9.17) is 14.2 Å². The summed E-state index contributed by atoms with van der Waals surface area (Å²) >= 11 is 0. The van der Waals surface area contributed by atoms with Crippen LogP contribution in [-0.2, 0) is 28.6 Å². The summed E-state index contributed by atoms with van der Waals surface area (Å²) in [5.74, 6) is -0.885. The summed E-state index contributed by atoms with van der Waals surface area (Å²) in [5, 5.41) is 0. The smallest absolute Gasteiger partial charge is 0.306 e. The molecule has 0 aliphatic heterocycles. The molecule has 0 aromatic rings. The predicted octanol–water partition coefficient (Wildman–Crippen LogP) is 19.3. The van der Waals surface area contributed by atoms with Crippen molar-refractivity contribution in [2.24, 2.45) is 0 Å². The zero-order chi connectivity index (χ0) is 47.9. The van der Waals surface area contributed by atoms with E-state index in [1.165, 1.54) is 173 Å². The number of hydrogen-bond acceptors (Lipinski definition) is 6. The van der Waals surface area contributed by atoms with Crippen molar-refractivity contribution in [3.8, 4) is 0 Å². The van der Waals surface area contributed by atoms with E-state index in [2.05, 4.69) is 57.2 Å². The third-order valence-corrected chi connectivity index (χ3v) is 12.8. The fourth-order valence-electron chi connectivity index (χ4n) is 8.48. The molecule has 0 spiro atoms. The number of carbonyl (C=O) groups is 3. The molecule has 0 radical (unpaired) electrons. The normalized spacial score (nSPS) is 12.2. The Morgan fingerprint density at radius 2 is 0.576 bits per heavy atom. The highest BCUT2D eigenvalue weighted by Gasteiger charge is 2.19. The van der Waals surface area contributed by atoms with E-state index in [0.717, 1.165) is 96.3 Å². The molecule has 1 atom stereocenters. The quantitative estimate of drug-likeness (QED) is 0.0262. The van der Waals surface area contributed by atoms with Gasteiger partial charge in [0.2, 0.25) is 0 Å². The van der Waals surface area contributed by atoms with Crippen molar-refractivity contribution in [1.82, 2.24) is 0 Å². The van der Waals surface area contributed by atoms with Crippen LogP contribution in [0, 0.1) is 0 Å². The Labute approximate surface area is 410 Å². The Morgan fingerprint density at radius 3 is 0.924 bits per heavy atom. The van der Waals surface area contributed by atoms with Crippen LogP contribution in [-0.4, -0.2) is 37.2 Å². The molecule has 0 aromatic carbocycles. The highest BCUT2D eigenvalue weighted by atomic mass is 16.6. The van der Waals surface area contributed by atoms with Crippen LogP contribution in [0.1, 0.15) is 310 Å². The molecular formula is C60H110O6. The second-order valence-electron chi connectivity index (χ2n) is 19.6. The summed E-state index contributed by atoms with van der Waals surface area (Å²) < 4.78 is 16.8. The van der Waals surface area contributed by atoms with Crippen LogP contribution >= 0.6 is 0 Å². The van der Waals surface area contributed by atoms with E-state index < -0.39 is 6.10 Å². The zero-order valence-electron chi connectivity index (χ0n) is 44.2. The lowest BCUT2D eigenvalue weighted by atomic mass is 10.0. The monoisotopic (exact) mass is 927 g/mol. The Hall–Kier alpha value is -2.37. The fourth-order valence-corrected chi connectivity index (χ4v) is 8.48. The van der Waals surface area contributed by atoms with Crippen LogP contribution in [0.3, 0.4) is 0 Å². The first-order valence-corrected chi connectivity index (χ1v) is 29.0. The number of ether oxygens (including phenoxy) is 3. The first kappa shape index (κ1) is 63.6. The molecule has 66 heavy (non-hydrogen) atoms. The average molecular weight is 928 g/mol. The molecule has 0 amide bonds. The lowest BCUT2D eigenvalue weighted by Gasteiger charge is -2.18. The second-order valence-corrected chi connectivity index (χ2v) is 19.6. The van der Waals surface area contributed by atoms with Crippen molar-refractivity contribution in [1.29, 1.82) is 0 Å². The van der Waals surface area contributed by atoms with E-state index >= 15 is 0 Å². The Morgan fingerprint density at radius 1 is 0.303 bits per heavy atom. The Kier molecular flexibility index (Phi) is 53.2. The van der Waals surface area contributed by atoms with Crippen LogP contribution < -0.4 is 0 Å². The van der Waals surface area contributed by atoms with Crippen LogP contribution in [0.25, 0.3) is 0 Å². The van der Waals surface area contributed by atoms with Gasteiger partial charge in [0.1, 0.15) is 13.2 Å². The number of carbonyl (C=O) groups excluding carboxylic acids is 3. The van der Waals surface area contributed by atoms with Crippen molar-refractivity contribution in [2.45, 2.75) is 316 Å². The van der Waals surface area contributed by atoms with E-state index in [9.17, 15) is 14.4 Å². The lowest BCUT2D eigenvalue weighted by Crippen LogP contribution is -2.30. The standard InChI is InChI=1S/C60H110O6/c1-4-7-10-13-16-19-22-25-26-27-28-29-30-31-32-33-36-38-41-44-47-50-53-59(62)65-56-57(66-60(63)54-51-48-45-42-39-35-24-21-18-15-12-9-6-3)55-64-58(61)52-49-46-43-40-37-34-23-20-17-14-11-8-5-2/h12,15,20-21,23-24,57H,4-11,13-14,16-19,22,25-56H2,1-3H3/b15-12-,23-20-,24-21-. The van der Waals surface area contributed by atoms with E-state index in [-0.39, 0.29) is 31.1 Å². The van der Waals surface area contributed by atoms with Crippen LogP contribution in [0.15, 0.2) is 36.5 Å². The van der Waals surface area contributed by atoms with Crippen LogP contribution in [0.4, 0.5) is 0 Å². The van der Waals surface area contributed by atoms with Crippen molar-refractivity contribution >= 4 is 17.9 Å². The van der Waals surface area contributed by atoms with Gasteiger partial charge >= 0.3 is 17.9 Å². The molecule has 0 heterocycles. The molecule has 1 unspecified atom stereocenters. The van der Waals surface area contributed by atoms with Crippen LogP contribution in [0.5, 0.6) is 0 Å². The number of rotatable bonds is 53. The SMILES string of the molecule is CCC/C=C\C/C=C\CCCCCCCC(=O)OC(COC(=O)CCCCCCC/C=C\CCCCCC)COC(=O)CCCCCCCCCCCCCCCCCCCCCCCC. The third kappa shape index (κ3) is 52.6. The van der Waals surface area contributed by atoms with Gasteiger partial charge in [-0.3, -0.25) is 14.4 Å². The summed E-state index contributed by atoms with van der Waals surface area (Å²) in [6.07, 6.45) is 65.7. The average Bonchev–Trinajstić information content (AvgIpc) is 3.31.